The highest BCUT2D eigenvalue weighted by Crippen LogP contribution is 2.43. The van der Waals surface area contributed by atoms with E-state index in [4.69, 9.17) is 0 Å². The zero-order valence-electron chi connectivity index (χ0n) is 27.0. The van der Waals surface area contributed by atoms with Crippen LogP contribution in [0.4, 0.5) is 17.1 Å². The van der Waals surface area contributed by atoms with Crippen LogP contribution >= 0.6 is 0 Å². The lowest BCUT2D eigenvalue weighted by Gasteiger charge is -2.28. The minimum atomic E-state index is 1.11. The third-order valence-electron chi connectivity index (χ3n) is 9.64. The number of benzene rings is 9. The van der Waals surface area contributed by atoms with Crippen LogP contribution in [-0.4, -0.2) is 0 Å². The first-order valence-electron chi connectivity index (χ1n) is 16.8. The molecule has 0 saturated carbocycles. The van der Waals surface area contributed by atoms with Crippen LogP contribution in [0.5, 0.6) is 0 Å². The molecule has 9 aromatic rings. The largest absolute Gasteiger partial charge is 0.310 e. The Hall–Kier alpha value is -6.44. The maximum Gasteiger partial charge on any atom is 0.0540 e. The van der Waals surface area contributed by atoms with Gasteiger partial charge in [0.1, 0.15) is 0 Å². The number of para-hydroxylation sites is 1. The second-order valence-corrected chi connectivity index (χ2v) is 12.6. The number of nitrogens with zero attached hydrogens (tertiary/aromatic N) is 1. The molecular formula is C48H33N. The standard InChI is InChI=1S/C48H33N/c1-3-12-35(13-4-1)47-33-40(39-25-24-38-23-22-36-15-8-10-20-45(36)46(38)32-39)28-31-48(47)49(41-17-5-2-6-18-41)42-29-26-37(27-30-42)44-21-11-16-34-14-7-9-19-43(34)44/h1-33H. The Balaban J connectivity index is 1.20. The number of fused-ring (bicyclic) bond motifs is 4. The van der Waals surface area contributed by atoms with E-state index >= 15 is 0 Å². The second-order valence-electron chi connectivity index (χ2n) is 12.6. The van der Waals surface area contributed by atoms with Crippen LogP contribution in [0.2, 0.25) is 0 Å². The molecule has 0 unspecified atom stereocenters. The minimum absolute atomic E-state index is 1.11. The van der Waals surface area contributed by atoms with Crippen molar-refractivity contribution in [1.29, 1.82) is 0 Å². The highest BCUT2D eigenvalue weighted by atomic mass is 15.1. The summed E-state index contributed by atoms with van der Waals surface area (Å²) in [5.74, 6) is 0. The van der Waals surface area contributed by atoms with Crippen molar-refractivity contribution >= 4 is 49.4 Å². The molecule has 230 valence electrons. The van der Waals surface area contributed by atoms with E-state index in [1.165, 1.54) is 65.7 Å². The summed E-state index contributed by atoms with van der Waals surface area (Å²) in [7, 11) is 0. The molecule has 0 fully saturated rings. The molecule has 0 atom stereocenters. The monoisotopic (exact) mass is 623 g/mol. The molecule has 0 spiro atoms. The summed E-state index contributed by atoms with van der Waals surface area (Å²) in [5, 5.41) is 7.59. The summed E-state index contributed by atoms with van der Waals surface area (Å²) < 4.78 is 0. The molecule has 0 bridgehead atoms. The summed E-state index contributed by atoms with van der Waals surface area (Å²) in [6, 6.07) is 72.5. The van der Waals surface area contributed by atoms with Crippen molar-refractivity contribution in [2.75, 3.05) is 4.90 Å². The molecule has 49 heavy (non-hydrogen) atoms. The topological polar surface area (TPSA) is 3.24 Å². The number of hydrogen-bond acceptors (Lipinski definition) is 1. The lowest BCUT2D eigenvalue weighted by atomic mass is 9.93. The van der Waals surface area contributed by atoms with Crippen LogP contribution in [-0.2, 0) is 0 Å². The molecule has 0 radical (unpaired) electrons. The Labute approximate surface area is 287 Å². The van der Waals surface area contributed by atoms with Crippen molar-refractivity contribution in [2.24, 2.45) is 0 Å². The SMILES string of the molecule is c1ccc(-c2cc(-c3ccc4ccc5ccccc5c4c3)ccc2N(c2ccccc2)c2ccc(-c3cccc4ccccc34)cc2)cc1. The van der Waals surface area contributed by atoms with E-state index in [9.17, 15) is 0 Å². The summed E-state index contributed by atoms with van der Waals surface area (Å²) in [6.45, 7) is 0. The van der Waals surface area contributed by atoms with Gasteiger partial charge in [-0.2, -0.15) is 0 Å². The van der Waals surface area contributed by atoms with Gasteiger partial charge in [0, 0.05) is 16.9 Å². The van der Waals surface area contributed by atoms with Crippen LogP contribution in [0, 0.1) is 0 Å². The van der Waals surface area contributed by atoms with E-state index in [0.29, 0.717) is 0 Å². The maximum atomic E-state index is 2.38. The maximum absolute atomic E-state index is 2.38. The molecule has 9 rings (SSSR count). The summed E-state index contributed by atoms with van der Waals surface area (Å²) >= 11 is 0. The van der Waals surface area contributed by atoms with Gasteiger partial charge in [-0.3, -0.25) is 0 Å². The van der Waals surface area contributed by atoms with Gasteiger partial charge < -0.3 is 4.90 Å². The van der Waals surface area contributed by atoms with E-state index in [0.717, 1.165) is 17.1 Å². The smallest absolute Gasteiger partial charge is 0.0540 e. The molecule has 0 heterocycles. The average Bonchev–Trinajstić information content (AvgIpc) is 3.19. The normalized spacial score (nSPS) is 11.3. The van der Waals surface area contributed by atoms with Crippen molar-refractivity contribution in [2.45, 2.75) is 0 Å². The van der Waals surface area contributed by atoms with Crippen LogP contribution in [0.25, 0.3) is 65.7 Å². The quantitative estimate of drug-likeness (QED) is 0.167. The van der Waals surface area contributed by atoms with Gasteiger partial charge in [-0.1, -0.05) is 158 Å². The van der Waals surface area contributed by atoms with Crippen molar-refractivity contribution in [3.8, 4) is 33.4 Å². The Morgan fingerprint density at radius 1 is 0.265 bits per heavy atom. The molecule has 0 aliphatic heterocycles. The lowest BCUT2D eigenvalue weighted by Crippen LogP contribution is -2.11. The van der Waals surface area contributed by atoms with Crippen molar-refractivity contribution < 1.29 is 0 Å². The first kappa shape index (κ1) is 28.8. The predicted octanol–water partition coefficient (Wildman–Crippen LogP) is 13.6. The Kier molecular flexibility index (Phi) is 7.22. The van der Waals surface area contributed by atoms with Gasteiger partial charge in [-0.15, -0.1) is 0 Å². The predicted molar refractivity (Wildman–Crippen MR) is 210 cm³/mol. The van der Waals surface area contributed by atoms with Gasteiger partial charge >= 0.3 is 0 Å². The number of rotatable bonds is 6. The lowest BCUT2D eigenvalue weighted by molar-refractivity contribution is 1.28. The fourth-order valence-electron chi connectivity index (χ4n) is 7.21. The zero-order valence-corrected chi connectivity index (χ0v) is 27.0. The van der Waals surface area contributed by atoms with E-state index in [-0.39, 0.29) is 0 Å². The van der Waals surface area contributed by atoms with Crippen LogP contribution in [0.1, 0.15) is 0 Å². The van der Waals surface area contributed by atoms with E-state index in [2.05, 4.69) is 205 Å². The Morgan fingerprint density at radius 3 is 1.55 bits per heavy atom. The molecular weight excluding hydrogens is 591 g/mol. The molecule has 1 heteroatoms. The van der Waals surface area contributed by atoms with Gasteiger partial charge in [0.25, 0.3) is 0 Å². The molecule has 0 amide bonds. The van der Waals surface area contributed by atoms with Crippen molar-refractivity contribution in [3.05, 3.63) is 200 Å². The van der Waals surface area contributed by atoms with Gasteiger partial charge in [0.2, 0.25) is 0 Å². The summed E-state index contributed by atoms with van der Waals surface area (Å²) in [5.41, 5.74) is 10.6. The van der Waals surface area contributed by atoms with Gasteiger partial charge in [-0.25, -0.2) is 0 Å². The first-order valence-corrected chi connectivity index (χ1v) is 16.8. The molecule has 1 nitrogen and oxygen atoms in total. The third-order valence-corrected chi connectivity index (χ3v) is 9.64. The highest BCUT2D eigenvalue weighted by Gasteiger charge is 2.19. The van der Waals surface area contributed by atoms with Gasteiger partial charge in [-0.05, 0) is 103 Å². The second kappa shape index (κ2) is 12.3. The highest BCUT2D eigenvalue weighted by molar-refractivity contribution is 6.09. The number of anilines is 3. The molecule has 0 saturated heterocycles. The van der Waals surface area contributed by atoms with Gasteiger partial charge in [0.15, 0.2) is 0 Å². The fraction of sp³-hybridized carbons (Fsp3) is 0. The first-order chi connectivity index (χ1) is 24.3. The van der Waals surface area contributed by atoms with E-state index < -0.39 is 0 Å². The number of hydrogen-bond donors (Lipinski definition) is 0. The Morgan fingerprint density at radius 2 is 0.776 bits per heavy atom. The molecule has 9 aromatic carbocycles. The summed E-state index contributed by atoms with van der Waals surface area (Å²) in [4.78, 5) is 2.38. The molecule has 0 aromatic heterocycles. The molecule has 0 aliphatic carbocycles. The van der Waals surface area contributed by atoms with Crippen molar-refractivity contribution in [3.63, 3.8) is 0 Å². The zero-order chi connectivity index (χ0) is 32.6. The van der Waals surface area contributed by atoms with E-state index in [1.54, 1.807) is 0 Å². The summed E-state index contributed by atoms with van der Waals surface area (Å²) in [6.07, 6.45) is 0. The minimum Gasteiger partial charge on any atom is -0.310 e. The van der Waals surface area contributed by atoms with Crippen molar-refractivity contribution in [1.82, 2.24) is 0 Å². The third kappa shape index (κ3) is 5.32. The van der Waals surface area contributed by atoms with E-state index in [1.807, 2.05) is 0 Å². The fourth-order valence-corrected chi connectivity index (χ4v) is 7.21. The molecule has 0 N–H and O–H groups in total. The Bertz CT molecular complexity index is 2580. The van der Waals surface area contributed by atoms with Crippen LogP contribution in [0.3, 0.4) is 0 Å². The molecule has 0 aliphatic rings. The van der Waals surface area contributed by atoms with Crippen LogP contribution < -0.4 is 4.90 Å². The van der Waals surface area contributed by atoms with Crippen LogP contribution in [0.15, 0.2) is 200 Å². The average molecular weight is 624 g/mol. The van der Waals surface area contributed by atoms with Gasteiger partial charge in [0.05, 0.1) is 5.69 Å².